The molecule has 0 aliphatic carbocycles. The number of para-hydroxylation sites is 3. The number of hydrogen-bond donors (Lipinski definition) is 0. The van der Waals surface area contributed by atoms with E-state index in [1.165, 1.54) is 10.8 Å². The van der Waals surface area contributed by atoms with Crippen molar-refractivity contribution in [2.45, 2.75) is 0 Å². The number of nitrogens with zero attached hydrogens (tertiary/aromatic N) is 5. The smallest absolute Gasteiger partial charge is 0.190 e. The molecule has 9 rings (SSSR count). The Kier molecular flexibility index (Phi) is 6.56. The van der Waals surface area contributed by atoms with Crippen molar-refractivity contribution in [3.8, 4) is 45.8 Å². The third-order valence-corrected chi connectivity index (χ3v) is 9.61. The summed E-state index contributed by atoms with van der Waals surface area (Å²) in [7, 11) is 0. The fraction of sp³-hybridized carbons (Fsp3) is 0. The van der Waals surface area contributed by atoms with Crippen LogP contribution in [0.1, 0.15) is 11.1 Å². The number of benzene rings is 7. The normalized spacial score (nSPS) is 11.1. The van der Waals surface area contributed by atoms with Crippen LogP contribution >= 0.6 is 0 Å². The van der Waals surface area contributed by atoms with E-state index < -0.39 is 0 Å². The van der Waals surface area contributed by atoms with Gasteiger partial charge in [-0.1, -0.05) is 91.0 Å². The van der Waals surface area contributed by atoms with Crippen LogP contribution in [0.15, 0.2) is 152 Å². The average Bonchev–Trinajstić information content (AvgIpc) is 3.70. The minimum Gasteiger partial charge on any atom is -0.310 e. The second-order valence-electron chi connectivity index (χ2n) is 12.3. The Morgan fingerprint density at radius 1 is 0.500 bits per heavy atom. The highest BCUT2D eigenvalue weighted by Gasteiger charge is 2.22. The Labute approximate surface area is 288 Å². The zero-order chi connectivity index (χ0) is 33.8. The van der Waals surface area contributed by atoms with Gasteiger partial charge in [-0.25, -0.2) is 4.85 Å². The zero-order valence-corrected chi connectivity index (χ0v) is 26.7. The predicted molar refractivity (Wildman–Crippen MR) is 202 cm³/mol. The fourth-order valence-corrected chi connectivity index (χ4v) is 7.47. The summed E-state index contributed by atoms with van der Waals surface area (Å²) < 4.78 is 4.42. The van der Waals surface area contributed by atoms with Gasteiger partial charge in [0.05, 0.1) is 51.9 Å². The van der Waals surface area contributed by atoms with Gasteiger partial charge in [-0.15, -0.1) is 0 Å². The van der Waals surface area contributed by atoms with Crippen molar-refractivity contribution in [1.82, 2.24) is 9.13 Å². The lowest BCUT2D eigenvalue weighted by Gasteiger charge is -2.19. The van der Waals surface area contributed by atoms with Crippen LogP contribution in [0.5, 0.6) is 0 Å². The van der Waals surface area contributed by atoms with Crippen molar-refractivity contribution in [3.05, 3.63) is 174 Å². The van der Waals surface area contributed by atoms with Crippen LogP contribution in [0, 0.1) is 29.2 Å². The maximum Gasteiger partial charge on any atom is 0.190 e. The molecular formula is C45H25N5. The molecular weight excluding hydrogens is 611 g/mol. The lowest BCUT2D eigenvalue weighted by molar-refractivity contribution is 1.18. The molecule has 0 unspecified atom stereocenters. The van der Waals surface area contributed by atoms with Crippen LogP contribution in [0.2, 0.25) is 0 Å². The largest absolute Gasteiger partial charge is 0.310 e. The summed E-state index contributed by atoms with van der Waals surface area (Å²) in [6.07, 6.45) is 0. The van der Waals surface area contributed by atoms with Crippen LogP contribution in [0.25, 0.3) is 82.1 Å². The molecule has 9 aromatic rings. The Hall–Kier alpha value is -7.39. The molecule has 0 saturated heterocycles. The first-order chi connectivity index (χ1) is 24.7. The van der Waals surface area contributed by atoms with Gasteiger partial charge in [0, 0.05) is 38.5 Å². The summed E-state index contributed by atoms with van der Waals surface area (Å²) in [4.78, 5) is 3.77. The summed E-state index contributed by atoms with van der Waals surface area (Å²) in [5, 5.41) is 24.6. The molecule has 0 aliphatic heterocycles. The molecule has 5 nitrogen and oxygen atoms in total. The maximum absolute atomic E-state index is 10.6. The first-order valence-electron chi connectivity index (χ1n) is 16.3. The fourth-order valence-electron chi connectivity index (χ4n) is 7.47. The molecule has 7 aromatic carbocycles. The lowest BCUT2D eigenvalue weighted by Crippen LogP contribution is -2.01. The number of hydrogen-bond acceptors (Lipinski definition) is 2. The van der Waals surface area contributed by atoms with E-state index in [4.69, 9.17) is 6.57 Å². The second kappa shape index (κ2) is 11.4. The molecule has 0 radical (unpaired) electrons. The van der Waals surface area contributed by atoms with E-state index in [1.807, 2.05) is 60.7 Å². The van der Waals surface area contributed by atoms with Crippen LogP contribution in [-0.2, 0) is 0 Å². The van der Waals surface area contributed by atoms with Gasteiger partial charge in [-0.05, 0) is 77.4 Å². The number of rotatable bonds is 4. The van der Waals surface area contributed by atoms with Crippen molar-refractivity contribution >= 4 is 49.3 Å². The Morgan fingerprint density at radius 3 is 1.68 bits per heavy atom. The van der Waals surface area contributed by atoms with Crippen LogP contribution in [0.3, 0.4) is 0 Å². The van der Waals surface area contributed by atoms with E-state index in [0.29, 0.717) is 16.8 Å². The van der Waals surface area contributed by atoms with Crippen molar-refractivity contribution in [2.24, 2.45) is 0 Å². The number of nitriles is 2. The summed E-state index contributed by atoms with van der Waals surface area (Å²) in [6.45, 7) is 7.92. The summed E-state index contributed by atoms with van der Waals surface area (Å²) in [6, 6.07) is 55.7. The van der Waals surface area contributed by atoms with E-state index in [-0.39, 0.29) is 0 Å². The molecule has 0 amide bonds. The highest BCUT2D eigenvalue weighted by Crippen LogP contribution is 2.43. The van der Waals surface area contributed by atoms with E-state index in [1.54, 1.807) is 6.07 Å². The Balaban J connectivity index is 1.27. The molecule has 0 spiro atoms. The van der Waals surface area contributed by atoms with Gasteiger partial charge in [0.2, 0.25) is 0 Å². The van der Waals surface area contributed by atoms with Crippen molar-refractivity contribution < 1.29 is 0 Å². The van der Waals surface area contributed by atoms with Crippen LogP contribution in [0.4, 0.5) is 5.69 Å². The Morgan fingerprint density at radius 2 is 1.06 bits per heavy atom. The van der Waals surface area contributed by atoms with Crippen molar-refractivity contribution in [2.75, 3.05) is 0 Å². The number of fused-ring (bicyclic) bond motifs is 6. The monoisotopic (exact) mass is 635 g/mol. The third kappa shape index (κ3) is 4.31. The van der Waals surface area contributed by atoms with Crippen molar-refractivity contribution in [1.29, 1.82) is 10.5 Å². The second-order valence-corrected chi connectivity index (χ2v) is 12.3. The average molecular weight is 636 g/mol. The summed E-state index contributed by atoms with van der Waals surface area (Å²) >= 11 is 0. The van der Waals surface area contributed by atoms with E-state index in [9.17, 15) is 10.5 Å². The van der Waals surface area contributed by atoms with Gasteiger partial charge in [0.15, 0.2) is 5.69 Å². The molecule has 0 aliphatic rings. The molecule has 0 saturated carbocycles. The zero-order valence-electron chi connectivity index (χ0n) is 26.7. The molecule has 2 heterocycles. The standard InChI is InChI=1S/C45H25N5/c1-48-32-25-31(28-47)45(44(26-32)50-42-17-9-6-13-37(42)39-24-29(27-46)18-23-43(39)50)38-14-3-2-10-34(38)30-19-21-33(22-20-30)49-40-15-7-4-11-35(40)36-12-5-8-16-41(36)49/h2-26H. The molecule has 5 heteroatoms. The minimum absolute atomic E-state index is 0.382. The molecule has 230 valence electrons. The molecule has 0 atom stereocenters. The molecule has 0 bridgehead atoms. The summed E-state index contributed by atoms with van der Waals surface area (Å²) in [5.41, 5.74) is 10.9. The van der Waals surface area contributed by atoms with Gasteiger partial charge >= 0.3 is 0 Å². The highest BCUT2D eigenvalue weighted by atomic mass is 15.0. The van der Waals surface area contributed by atoms with Gasteiger partial charge < -0.3 is 9.13 Å². The van der Waals surface area contributed by atoms with Gasteiger partial charge in [0.25, 0.3) is 0 Å². The van der Waals surface area contributed by atoms with E-state index in [0.717, 1.165) is 66.5 Å². The topological polar surface area (TPSA) is 61.8 Å². The predicted octanol–water partition coefficient (Wildman–Crippen LogP) is 11.5. The lowest BCUT2D eigenvalue weighted by atomic mass is 9.90. The van der Waals surface area contributed by atoms with Crippen molar-refractivity contribution in [3.63, 3.8) is 0 Å². The van der Waals surface area contributed by atoms with E-state index in [2.05, 4.69) is 111 Å². The number of aromatic nitrogens is 2. The highest BCUT2D eigenvalue weighted by molar-refractivity contribution is 6.11. The molecule has 2 aromatic heterocycles. The van der Waals surface area contributed by atoms with Gasteiger partial charge in [-0.2, -0.15) is 10.5 Å². The molecule has 0 fully saturated rings. The third-order valence-electron chi connectivity index (χ3n) is 9.61. The molecule has 0 N–H and O–H groups in total. The maximum atomic E-state index is 10.6. The first-order valence-corrected chi connectivity index (χ1v) is 16.3. The first kappa shape index (κ1) is 28.8. The SMILES string of the molecule is [C-]#[N+]c1cc(C#N)c(-c2ccccc2-c2ccc(-n3c4ccccc4c4ccccc43)cc2)c(-n2c3ccccc3c3cc(C#N)ccc32)c1. The van der Waals surface area contributed by atoms with Crippen LogP contribution in [-0.4, -0.2) is 9.13 Å². The molecule has 50 heavy (non-hydrogen) atoms. The van der Waals surface area contributed by atoms with Gasteiger partial charge in [-0.3, -0.25) is 0 Å². The quantitative estimate of drug-likeness (QED) is 0.181. The van der Waals surface area contributed by atoms with Crippen LogP contribution < -0.4 is 0 Å². The van der Waals surface area contributed by atoms with E-state index >= 15 is 0 Å². The summed E-state index contributed by atoms with van der Waals surface area (Å²) in [5.74, 6) is 0. The minimum atomic E-state index is 0.382. The van der Waals surface area contributed by atoms with Gasteiger partial charge in [0.1, 0.15) is 0 Å². The Bertz CT molecular complexity index is 2900.